The van der Waals surface area contributed by atoms with Gasteiger partial charge < -0.3 is 10.1 Å². The number of carbonyl (C=O) groups excluding carboxylic acids is 1. The van der Waals surface area contributed by atoms with Gasteiger partial charge in [-0.15, -0.1) is 0 Å². The van der Waals surface area contributed by atoms with Crippen molar-refractivity contribution in [2.45, 2.75) is 24.9 Å². The number of hydrogen-bond acceptors (Lipinski definition) is 5. The van der Waals surface area contributed by atoms with Gasteiger partial charge in [-0.05, 0) is 18.6 Å². The number of cyclic esters (lactones) is 1. The second-order valence-corrected chi connectivity index (χ2v) is 9.02. The lowest BCUT2D eigenvalue weighted by molar-refractivity contribution is 0.142. The number of halogens is 4. The summed E-state index contributed by atoms with van der Waals surface area (Å²) in [5.41, 5.74) is -0.381. The van der Waals surface area contributed by atoms with Gasteiger partial charge in [0.1, 0.15) is 22.7 Å². The summed E-state index contributed by atoms with van der Waals surface area (Å²) in [6.45, 7) is -0.284. The van der Waals surface area contributed by atoms with Crippen LogP contribution in [0.5, 0.6) is 0 Å². The topological polar surface area (TPSA) is 75.7 Å². The van der Waals surface area contributed by atoms with Gasteiger partial charge in [-0.2, -0.15) is 0 Å². The molecule has 0 bridgehead atoms. The number of amides is 1. The number of alkyl halides is 2. The normalized spacial score (nSPS) is 23.3. The highest BCUT2D eigenvalue weighted by atomic mass is 32.2. The van der Waals surface area contributed by atoms with Crippen LogP contribution >= 0.6 is 12.2 Å². The monoisotopic (exact) mass is 452 g/mol. The zero-order valence-electron chi connectivity index (χ0n) is 14.8. The van der Waals surface area contributed by atoms with Crippen molar-refractivity contribution in [2.75, 3.05) is 23.7 Å². The van der Waals surface area contributed by atoms with E-state index in [2.05, 4.69) is 17.5 Å². The average Bonchev–Trinajstić information content (AvgIpc) is 3.01. The van der Waals surface area contributed by atoms with Crippen molar-refractivity contribution in [2.24, 2.45) is 0 Å². The van der Waals surface area contributed by atoms with Crippen molar-refractivity contribution >= 4 is 38.8 Å². The first-order valence-corrected chi connectivity index (χ1v) is 10.6. The van der Waals surface area contributed by atoms with Crippen molar-refractivity contribution in [3.8, 4) is 0 Å². The second kappa shape index (κ2) is 8.27. The van der Waals surface area contributed by atoms with E-state index in [9.17, 15) is 30.8 Å². The van der Waals surface area contributed by atoms with Crippen molar-refractivity contribution in [3.63, 3.8) is 0 Å². The molecule has 1 aromatic carbocycles. The van der Waals surface area contributed by atoms with E-state index in [1.165, 1.54) is 6.08 Å². The third kappa shape index (κ3) is 4.86. The number of sulfone groups is 1. The Morgan fingerprint density at radius 2 is 1.97 bits per heavy atom. The minimum atomic E-state index is -3.36. The van der Waals surface area contributed by atoms with E-state index < -0.39 is 51.0 Å². The van der Waals surface area contributed by atoms with Crippen molar-refractivity contribution in [1.29, 1.82) is 0 Å². The molecule has 0 radical (unpaired) electrons. The molecule has 0 saturated carbocycles. The van der Waals surface area contributed by atoms with E-state index in [0.717, 1.165) is 22.4 Å². The van der Waals surface area contributed by atoms with Gasteiger partial charge in [0, 0.05) is 16.9 Å². The Morgan fingerprint density at radius 1 is 1.31 bits per heavy atom. The van der Waals surface area contributed by atoms with E-state index >= 15 is 0 Å². The fourth-order valence-electron chi connectivity index (χ4n) is 3.12. The number of benzene rings is 1. The first-order chi connectivity index (χ1) is 13.6. The Bertz CT molecular complexity index is 945. The zero-order chi connectivity index (χ0) is 21.3. The molecule has 1 N–H and O–H groups in total. The maximum atomic E-state index is 14.6. The van der Waals surface area contributed by atoms with Crippen LogP contribution < -0.4 is 10.2 Å². The quantitative estimate of drug-likeness (QED) is 0.547. The van der Waals surface area contributed by atoms with E-state index in [1.807, 2.05) is 0 Å². The number of thiocarbonyl (C=S) groups is 1. The molecule has 0 aromatic heterocycles. The number of nitrogens with zero attached hydrogens (tertiary/aromatic N) is 1. The number of allylic oxidation sites excluding steroid dienone is 1. The number of carbonyl (C=O) groups is 1. The molecule has 12 heteroatoms. The number of hydrogen-bond donors (Lipinski definition) is 1. The minimum absolute atomic E-state index is 0.0373. The van der Waals surface area contributed by atoms with Gasteiger partial charge >= 0.3 is 6.09 Å². The highest BCUT2D eigenvalue weighted by Gasteiger charge is 2.34. The maximum absolute atomic E-state index is 14.6. The summed E-state index contributed by atoms with van der Waals surface area (Å²) in [7, 11) is -3.36. The van der Waals surface area contributed by atoms with E-state index in [-0.39, 0.29) is 36.5 Å². The highest BCUT2D eigenvalue weighted by Crippen LogP contribution is 2.34. The molecule has 1 unspecified atom stereocenters. The minimum Gasteiger partial charge on any atom is -0.442 e. The van der Waals surface area contributed by atoms with Crippen LogP contribution in [0.15, 0.2) is 23.6 Å². The molecule has 0 spiro atoms. The predicted octanol–water partition coefficient (Wildman–Crippen LogP) is 2.89. The Balaban J connectivity index is 1.75. The van der Waals surface area contributed by atoms with Crippen molar-refractivity contribution < 1.29 is 35.5 Å². The molecule has 3 rings (SSSR count). The molecule has 1 amide bonds. The Labute approximate surface area is 169 Å². The van der Waals surface area contributed by atoms with Gasteiger partial charge in [-0.3, -0.25) is 4.90 Å². The zero-order valence-corrected chi connectivity index (χ0v) is 16.4. The van der Waals surface area contributed by atoms with Crippen LogP contribution in [0, 0.1) is 11.6 Å². The summed E-state index contributed by atoms with van der Waals surface area (Å²) >= 11 is 4.43. The van der Waals surface area contributed by atoms with Crippen LogP contribution in [-0.2, 0) is 14.6 Å². The summed E-state index contributed by atoms with van der Waals surface area (Å²) in [6, 6.07) is 1.91. The summed E-state index contributed by atoms with van der Waals surface area (Å²) in [6.07, 6.45) is -3.29. The molecular formula is C17H16F4N2O4S2. The number of nitrogens with one attached hydrogen (secondary N) is 1. The number of rotatable bonds is 5. The third-order valence-electron chi connectivity index (χ3n) is 4.55. The largest absolute Gasteiger partial charge is 0.442 e. The lowest BCUT2D eigenvalue weighted by Crippen LogP contribution is -2.36. The molecule has 1 fully saturated rings. The Hall–Kier alpha value is -2.21. The van der Waals surface area contributed by atoms with Crippen LogP contribution in [0.25, 0.3) is 0 Å². The standard InChI is InChI=1S/C17H16F4N2O4S2/c18-12-5-10(6-13(19)14(12)9-1-3-29(25,26)4-2-9)23-8-11(27-17(23)24)7-22-16(28)15(20)21/h1,3,5-6,9,11,15H,2,4,7-8H2,(H,22,28)/t9?,11-/m0/s1. The molecule has 1 aromatic rings. The molecule has 1 saturated heterocycles. The summed E-state index contributed by atoms with van der Waals surface area (Å²) < 4.78 is 81.9. The van der Waals surface area contributed by atoms with Gasteiger partial charge in [0.25, 0.3) is 6.43 Å². The SMILES string of the molecule is O=C1O[C@@H](CNC(=S)C(F)F)CN1c1cc(F)c(C2C=CS(=O)(=O)CC2)c(F)c1. The molecule has 29 heavy (non-hydrogen) atoms. The summed E-state index contributed by atoms with van der Waals surface area (Å²) in [5, 5.41) is 3.21. The van der Waals surface area contributed by atoms with Crippen LogP contribution in [0.3, 0.4) is 0 Å². The Morgan fingerprint density at radius 3 is 2.52 bits per heavy atom. The lowest BCUT2D eigenvalue weighted by Gasteiger charge is -2.20. The van der Waals surface area contributed by atoms with E-state index in [4.69, 9.17) is 4.74 Å². The molecule has 2 aliphatic rings. The Kier molecular flexibility index (Phi) is 6.13. The van der Waals surface area contributed by atoms with Gasteiger partial charge in [-0.25, -0.2) is 30.8 Å². The van der Waals surface area contributed by atoms with E-state index in [0.29, 0.717) is 0 Å². The number of ether oxygens (including phenoxy) is 1. The average molecular weight is 452 g/mol. The van der Waals surface area contributed by atoms with E-state index in [1.54, 1.807) is 0 Å². The predicted molar refractivity (Wildman–Crippen MR) is 101 cm³/mol. The van der Waals surface area contributed by atoms with Crippen molar-refractivity contribution in [1.82, 2.24) is 5.32 Å². The highest BCUT2D eigenvalue weighted by molar-refractivity contribution is 7.94. The summed E-state index contributed by atoms with van der Waals surface area (Å²) in [5.74, 6) is -2.82. The lowest BCUT2D eigenvalue weighted by atomic mass is 9.95. The molecule has 2 atom stereocenters. The fourth-order valence-corrected chi connectivity index (χ4v) is 4.35. The summed E-state index contributed by atoms with van der Waals surface area (Å²) in [4.78, 5) is 12.3. The molecular weight excluding hydrogens is 436 g/mol. The van der Waals surface area contributed by atoms with Crippen LogP contribution in [0.1, 0.15) is 17.9 Å². The van der Waals surface area contributed by atoms with Crippen LogP contribution in [-0.4, -0.2) is 50.9 Å². The van der Waals surface area contributed by atoms with Gasteiger partial charge in [0.15, 0.2) is 9.84 Å². The van der Waals surface area contributed by atoms with Crippen molar-refractivity contribution in [3.05, 3.63) is 40.8 Å². The number of anilines is 1. The molecule has 6 nitrogen and oxygen atoms in total. The second-order valence-electron chi connectivity index (χ2n) is 6.58. The van der Waals surface area contributed by atoms with Crippen LogP contribution in [0.4, 0.5) is 28.0 Å². The van der Waals surface area contributed by atoms with Crippen LogP contribution in [0.2, 0.25) is 0 Å². The fraction of sp³-hybridized carbons (Fsp3) is 0.412. The molecule has 2 aliphatic heterocycles. The third-order valence-corrected chi connectivity index (χ3v) is 6.25. The first-order valence-electron chi connectivity index (χ1n) is 8.51. The smallest absolute Gasteiger partial charge is 0.414 e. The molecule has 158 valence electrons. The molecule has 2 heterocycles. The first kappa shape index (κ1) is 21.5. The maximum Gasteiger partial charge on any atom is 0.414 e. The molecule has 0 aliphatic carbocycles. The van der Waals surface area contributed by atoms with Gasteiger partial charge in [0.2, 0.25) is 0 Å². The van der Waals surface area contributed by atoms with Gasteiger partial charge in [0.05, 0.1) is 24.5 Å². The van der Waals surface area contributed by atoms with Gasteiger partial charge in [-0.1, -0.05) is 18.3 Å².